The average Bonchev–Trinajstić information content (AvgIpc) is 3.03. The van der Waals surface area contributed by atoms with Crippen molar-refractivity contribution in [3.8, 4) is 0 Å². The van der Waals surface area contributed by atoms with Crippen LogP contribution in [-0.4, -0.2) is 18.6 Å². The molecular weight excluding hydrogens is 542 g/mol. The normalized spacial score (nSPS) is 14.8. The van der Waals surface area contributed by atoms with E-state index in [9.17, 15) is 25.2 Å². The van der Waals surface area contributed by atoms with Crippen molar-refractivity contribution in [2.75, 3.05) is 0 Å². The van der Waals surface area contributed by atoms with Crippen molar-refractivity contribution in [3.05, 3.63) is 48.0 Å². The van der Waals surface area contributed by atoms with Crippen LogP contribution in [0.2, 0.25) is 0 Å². The van der Waals surface area contributed by atoms with Gasteiger partial charge in [-0.1, -0.05) is 24.3 Å². The van der Waals surface area contributed by atoms with Gasteiger partial charge in [-0.25, -0.2) is 0 Å². The molecule has 0 aliphatic rings. The molecule has 0 saturated heterocycles. The first-order valence-corrected chi connectivity index (χ1v) is 8.10. The number of rotatable bonds is 4. The van der Waals surface area contributed by atoms with Gasteiger partial charge in [0.05, 0.1) is 0 Å². The van der Waals surface area contributed by atoms with Gasteiger partial charge in [-0.2, -0.15) is 12.4 Å². The van der Waals surface area contributed by atoms with Gasteiger partial charge in [-0.05, 0) is 6.92 Å². The average molecular weight is 554 g/mol. The molecule has 2 heterocycles. The summed E-state index contributed by atoms with van der Waals surface area (Å²) in [4.78, 5) is 16.7. The minimum absolute atomic E-state index is 0. The molecule has 4 nitrogen and oxygen atoms in total. The summed E-state index contributed by atoms with van der Waals surface area (Å²) in [5.74, 6) is 0. The van der Waals surface area contributed by atoms with E-state index in [4.69, 9.17) is 0 Å². The van der Waals surface area contributed by atoms with Crippen LogP contribution in [-0.2, 0) is 22.4 Å². The minimum atomic E-state index is -10.7. The van der Waals surface area contributed by atoms with E-state index in [-0.39, 0.29) is 28.5 Å². The molecule has 138 valence electrons. The van der Waals surface area contributed by atoms with Crippen LogP contribution in [0.15, 0.2) is 46.6 Å². The van der Waals surface area contributed by atoms with Crippen LogP contribution < -0.4 is 9.97 Å². The summed E-state index contributed by atoms with van der Waals surface area (Å²) in [5.41, 5.74) is 1.71. The molecular formula is C12H12AuF6N4P. The molecule has 0 aliphatic heterocycles. The summed E-state index contributed by atoms with van der Waals surface area (Å²) in [5, 5.41) is 0. The van der Waals surface area contributed by atoms with Crippen molar-refractivity contribution < 1.29 is 47.6 Å². The van der Waals surface area contributed by atoms with E-state index < -0.39 is 7.81 Å². The fourth-order valence-corrected chi connectivity index (χ4v) is 1.19. The van der Waals surface area contributed by atoms with Gasteiger partial charge in [0.2, 0.25) is 0 Å². The van der Waals surface area contributed by atoms with Crippen molar-refractivity contribution in [3.63, 3.8) is 0 Å². The molecule has 2 rings (SSSR count). The van der Waals surface area contributed by atoms with Gasteiger partial charge in [0.15, 0.2) is 0 Å². The molecule has 0 amide bonds. The maximum atomic E-state index is 9.87. The molecule has 0 aliphatic carbocycles. The standard InChI is InChI=1S/C12H12N4.Au.F6P/c1-10(15-8-11-4-2-6-13-11)16-9-12-5-3-7-14-12;;1-7(2,3,4,5)6/h2-10H,1H3;;/q-2;+3;-1/b15-8+,16-9+;;. The summed E-state index contributed by atoms with van der Waals surface area (Å²) in [6.07, 6.45) is 6.81. The monoisotopic (exact) mass is 554 g/mol. The van der Waals surface area contributed by atoms with Gasteiger partial charge in [-0.15, -0.1) is 11.4 Å². The molecule has 0 unspecified atom stereocenters. The van der Waals surface area contributed by atoms with Crippen LogP contribution in [0.3, 0.4) is 0 Å². The Balaban J connectivity index is 0.000000570. The van der Waals surface area contributed by atoms with Crippen LogP contribution in [0.25, 0.3) is 0 Å². The van der Waals surface area contributed by atoms with Gasteiger partial charge < -0.3 is 9.97 Å². The van der Waals surface area contributed by atoms with Crippen LogP contribution in [0.1, 0.15) is 18.3 Å². The fourth-order valence-electron chi connectivity index (χ4n) is 1.19. The van der Waals surface area contributed by atoms with Crippen LogP contribution in [0.5, 0.6) is 0 Å². The molecule has 12 heteroatoms. The zero-order valence-corrected chi connectivity index (χ0v) is 15.1. The van der Waals surface area contributed by atoms with Crippen molar-refractivity contribution >= 4 is 20.2 Å². The summed E-state index contributed by atoms with van der Waals surface area (Å²) < 4.78 is 59.2. The summed E-state index contributed by atoms with van der Waals surface area (Å²) >= 11 is 0. The molecule has 0 atom stereocenters. The van der Waals surface area contributed by atoms with Gasteiger partial charge in [0.1, 0.15) is 6.17 Å². The van der Waals surface area contributed by atoms with Gasteiger partial charge in [-0.3, -0.25) is 9.98 Å². The Bertz CT molecular complexity index is 594. The van der Waals surface area contributed by atoms with Crippen molar-refractivity contribution in [2.24, 2.45) is 9.98 Å². The first-order chi connectivity index (χ1) is 10.3. The number of aliphatic imine (C=N–C) groups is 2. The summed E-state index contributed by atoms with van der Waals surface area (Å²) in [6.45, 7) is 1.92. The Kier molecular flexibility index (Phi) is 7.26. The molecule has 0 radical (unpaired) electrons. The largest absolute Gasteiger partial charge is 3.00 e. The Morgan fingerprint density at radius 1 is 0.875 bits per heavy atom. The third-order valence-electron chi connectivity index (χ3n) is 2.00. The molecule has 0 N–H and O–H groups in total. The van der Waals surface area contributed by atoms with Gasteiger partial charge in [0, 0.05) is 12.4 Å². The Labute approximate surface area is 149 Å². The van der Waals surface area contributed by atoms with Crippen molar-refractivity contribution in [2.45, 2.75) is 13.1 Å². The molecule has 0 fully saturated rings. The first kappa shape index (κ1) is 22.7. The second-order valence-electron chi connectivity index (χ2n) is 4.27. The smallest absolute Gasteiger partial charge is 3.00 e. The third kappa shape index (κ3) is 15.5. The summed E-state index contributed by atoms with van der Waals surface area (Å²) in [6, 6.07) is 7.56. The van der Waals surface area contributed by atoms with Crippen molar-refractivity contribution in [1.82, 2.24) is 9.97 Å². The predicted octanol–water partition coefficient (Wildman–Crippen LogP) is 4.86. The molecule has 24 heavy (non-hydrogen) atoms. The Morgan fingerprint density at radius 3 is 1.46 bits per heavy atom. The van der Waals surface area contributed by atoms with Gasteiger partial charge in [0.25, 0.3) is 0 Å². The van der Waals surface area contributed by atoms with E-state index >= 15 is 0 Å². The zero-order valence-electron chi connectivity index (χ0n) is 12.0. The minimum Gasteiger partial charge on any atom is 3.00 e. The third-order valence-corrected chi connectivity index (χ3v) is 2.00. The second-order valence-corrected chi connectivity index (χ2v) is 6.19. The molecule has 0 aromatic carbocycles. The number of nitrogens with zero attached hydrogens (tertiary/aromatic N) is 4. The molecule has 0 saturated carbocycles. The van der Waals surface area contributed by atoms with Crippen LogP contribution >= 0.6 is 7.81 Å². The second kappa shape index (κ2) is 7.69. The Morgan fingerprint density at radius 2 is 1.21 bits per heavy atom. The Hall–Kier alpha value is -1.35. The quantitative estimate of drug-likeness (QED) is 0.235. The van der Waals surface area contributed by atoms with Crippen LogP contribution in [0, 0.1) is 0 Å². The van der Waals surface area contributed by atoms with E-state index in [1.54, 1.807) is 24.8 Å². The number of hydrogen-bond donors (Lipinski definition) is 0. The maximum absolute atomic E-state index is 10.7. The zero-order chi connectivity index (χ0) is 17.6. The van der Waals surface area contributed by atoms with E-state index in [0.29, 0.717) is 0 Å². The van der Waals surface area contributed by atoms with Crippen LogP contribution in [0.4, 0.5) is 25.2 Å². The summed E-state index contributed by atoms with van der Waals surface area (Å²) in [7, 11) is -10.7. The van der Waals surface area contributed by atoms with E-state index in [1.807, 2.05) is 31.2 Å². The molecule has 2 aromatic heterocycles. The SMILES string of the molecule is CC(/N=C/c1ccc[n-]1)/N=C/c1ccc[n-]1.F[P-](F)(F)(F)(F)F.[Au+3]. The van der Waals surface area contributed by atoms with E-state index in [0.717, 1.165) is 11.4 Å². The fraction of sp³-hybridized carbons (Fsp3) is 0.167. The van der Waals surface area contributed by atoms with Gasteiger partial charge >= 0.3 is 55.4 Å². The molecule has 0 spiro atoms. The molecule has 0 bridgehead atoms. The number of aromatic nitrogens is 2. The molecule has 2 aromatic rings. The van der Waals surface area contributed by atoms with E-state index in [2.05, 4.69) is 20.0 Å². The number of halogens is 6. The first-order valence-electron chi connectivity index (χ1n) is 6.08. The topological polar surface area (TPSA) is 52.9 Å². The predicted molar refractivity (Wildman–Crippen MR) is 77.7 cm³/mol. The maximum Gasteiger partial charge on any atom is 3.00 e. The van der Waals surface area contributed by atoms with Crippen molar-refractivity contribution in [1.29, 1.82) is 0 Å². The van der Waals surface area contributed by atoms with E-state index in [1.165, 1.54) is 0 Å². The number of hydrogen-bond acceptors (Lipinski definition) is 2.